The number of rotatable bonds is 2. The first-order valence-electron chi connectivity index (χ1n) is 10.5. The molecular formula is C23H25N3O4. The third kappa shape index (κ3) is 3.24. The van der Waals surface area contributed by atoms with Gasteiger partial charge in [0, 0.05) is 30.9 Å². The van der Waals surface area contributed by atoms with Gasteiger partial charge in [-0.25, -0.2) is 0 Å². The summed E-state index contributed by atoms with van der Waals surface area (Å²) in [6.45, 7) is 1.81. The van der Waals surface area contributed by atoms with Gasteiger partial charge in [-0.1, -0.05) is 6.42 Å². The Bertz CT molecular complexity index is 1010. The predicted octanol–water partition coefficient (Wildman–Crippen LogP) is 3.50. The van der Waals surface area contributed by atoms with E-state index >= 15 is 0 Å². The van der Waals surface area contributed by atoms with Gasteiger partial charge in [0.05, 0.1) is 11.3 Å². The number of benzene rings is 2. The lowest BCUT2D eigenvalue weighted by atomic mass is 10.0. The van der Waals surface area contributed by atoms with Gasteiger partial charge in [-0.15, -0.1) is 0 Å². The molecule has 3 aliphatic heterocycles. The quantitative estimate of drug-likeness (QED) is 0.825. The fourth-order valence-corrected chi connectivity index (χ4v) is 4.52. The maximum atomic E-state index is 13.0. The molecule has 0 bridgehead atoms. The third-order valence-corrected chi connectivity index (χ3v) is 6.10. The average Bonchev–Trinajstić information content (AvgIpc) is 3.03. The number of nitrogens with zero attached hydrogens (tertiary/aromatic N) is 2. The van der Waals surface area contributed by atoms with E-state index < -0.39 is 0 Å². The van der Waals surface area contributed by atoms with Gasteiger partial charge < -0.3 is 24.6 Å². The van der Waals surface area contributed by atoms with Crippen molar-refractivity contribution >= 4 is 23.2 Å². The van der Waals surface area contributed by atoms with Gasteiger partial charge in [0.2, 0.25) is 0 Å². The number of anilines is 2. The molecule has 1 N–H and O–H groups in total. The first-order chi connectivity index (χ1) is 14.6. The molecule has 5 rings (SSSR count). The van der Waals surface area contributed by atoms with Crippen LogP contribution in [0.1, 0.15) is 46.4 Å². The molecule has 1 fully saturated rings. The van der Waals surface area contributed by atoms with Gasteiger partial charge >= 0.3 is 0 Å². The van der Waals surface area contributed by atoms with Crippen molar-refractivity contribution in [1.29, 1.82) is 0 Å². The van der Waals surface area contributed by atoms with E-state index in [4.69, 9.17) is 9.47 Å². The first kappa shape index (κ1) is 18.8. The van der Waals surface area contributed by atoms with Crippen LogP contribution in [0.25, 0.3) is 0 Å². The van der Waals surface area contributed by atoms with E-state index in [0.29, 0.717) is 41.5 Å². The molecule has 7 heteroatoms. The van der Waals surface area contributed by atoms with Gasteiger partial charge in [-0.05, 0) is 49.6 Å². The summed E-state index contributed by atoms with van der Waals surface area (Å²) in [6.07, 6.45) is 4.31. The minimum Gasteiger partial charge on any atom is -0.486 e. The lowest BCUT2D eigenvalue weighted by molar-refractivity contribution is 0.0661. The molecule has 2 aromatic rings. The summed E-state index contributed by atoms with van der Waals surface area (Å²) < 4.78 is 11.1. The van der Waals surface area contributed by atoms with Gasteiger partial charge in [0.1, 0.15) is 19.4 Å². The molecule has 2 amide bonds. The Labute approximate surface area is 175 Å². The number of fused-ring (bicyclic) bond motifs is 3. The van der Waals surface area contributed by atoms with Crippen molar-refractivity contribution in [2.45, 2.75) is 31.8 Å². The number of amides is 2. The molecule has 0 radical (unpaired) electrons. The molecule has 1 atom stereocenters. The molecule has 0 unspecified atom stereocenters. The molecule has 7 nitrogen and oxygen atoms in total. The van der Waals surface area contributed by atoms with Crippen LogP contribution < -0.4 is 19.7 Å². The van der Waals surface area contributed by atoms with E-state index in [0.717, 1.165) is 37.9 Å². The third-order valence-electron chi connectivity index (χ3n) is 6.10. The fourth-order valence-electron chi connectivity index (χ4n) is 4.52. The van der Waals surface area contributed by atoms with E-state index in [9.17, 15) is 9.59 Å². The zero-order valence-corrected chi connectivity index (χ0v) is 17.0. The average molecular weight is 407 g/mol. The van der Waals surface area contributed by atoms with Crippen LogP contribution in [0.15, 0.2) is 36.4 Å². The Balaban J connectivity index is 1.40. The Kier molecular flexibility index (Phi) is 4.73. The molecule has 0 aliphatic carbocycles. The van der Waals surface area contributed by atoms with Crippen molar-refractivity contribution in [3.05, 3.63) is 47.5 Å². The van der Waals surface area contributed by atoms with Crippen molar-refractivity contribution in [3.8, 4) is 11.5 Å². The van der Waals surface area contributed by atoms with Gasteiger partial charge in [-0.3, -0.25) is 9.59 Å². The molecule has 30 heavy (non-hydrogen) atoms. The second-order valence-corrected chi connectivity index (χ2v) is 7.98. The van der Waals surface area contributed by atoms with E-state index in [2.05, 4.69) is 10.2 Å². The number of hydrogen-bond acceptors (Lipinski definition) is 5. The number of hydrogen-bond donors (Lipinski definition) is 1. The topological polar surface area (TPSA) is 71.1 Å². The summed E-state index contributed by atoms with van der Waals surface area (Å²) in [7, 11) is 2.01. The largest absolute Gasteiger partial charge is 0.486 e. The molecule has 1 saturated heterocycles. The zero-order valence-electron chi connectivity index (χ0n) is 17.0. The molecule has 2 aromatic carbocycles. The Morgan fingerprint density at radius 1 is 1.03 bits per heavy atom. The standard InChI is InChI=1S/C23H25N3O4/c1-25-18-13-15(6-8-17(18)23(28)26-10-4-2-3-5-21(25)26)22(27)24-16-7-9-19-20(14-16)30-12-11-29-19/h6-9,13-14,21H,2-5,10-12H2,1H3,(H,24,27)/t21-/m0/s1. The molecule has 3 aliphatic rings. The maximum absolute atomic E-state index is 13.0. The Morgan fingerprint density at radius 3 is 2.73 bits per heavy atom. The number of ether oxygens (including phenoxy) is 2. The highest BCUT2D eigenvalue weighted by molar-refractivity contribution is 6.08. The summed E-state index contributed by atoms with van der Waals surface area (Å²) in [5.41, 5.74) is 2.64. The van der Waals surface area contributed by atoms with Crippen molar-refractivity contribution < 1.29 is 19.1 Å². The summed E-state index contributed by atoms with van der Waals surface area (Å²) in [4.78, 5) is 30.0. The second-order valence-electron chi connectivity index (χ2n) is 7.98. The number of carbonyl (C=O) groups excluding carboxylic acids is 2. The van der Waals surface area contributed by atoms with Crippen LogP contribution in [0.3, 0.4) is 0 Å². The predicted molar refractivity (Wildman–Crippen MR) is 114 cm³/mol. The van der Waals surface area contributed by atoms with Crippen LogP contribution in [-0.4, -0.2) is 49.7 Å². The van der Waals surface area contributed by atoms with Crippen molar-refractivity contribution in [1.82, 2.24) is 4.90 Å². The van der Waals surface area contributed by atoms with E-state index in [1.165, 1.54) is 0 Å². The Hall–Kier alpha value is -3.22. The van der Waals surface area contributed by atoms with E-state index in [1.54, 1.807) is 30.3 Å². The Morgan fingerprint density at radius 2 is 1.87 bits per heavy atom. The molecule has 156 valence electrons. The fraction of sp³-hybridized carbons (Fsp3) is 0.391. The van der Waals surface area contributed by atoms with E-state index in [-0.39, 0.29) is 18.0 Å². The van der Waals surface area contributed by atoms with Crippen LogP contribution in [0.5, 0.6) is 11.5 Å². The minimum atomic E-state index is -0.223. The lowest BCUT2D eigenvalue weighted by Gasteiger charge is -2.43. The highest BCUT2D eigenvalue weighted by atomic mass is 16.6. The lowest BCUT2D eigenvalue weighted by Crippen LogP contribution is -2.53. The normalized spacial score (nSPS) is 20.2. The second kappa shape index (κ2) is 7.55. The number of nitrogens with one attached hydrogen (secondary N) is 1. The first-order valence-corrected chi connectivity index (χ1v) is 10.5. The van der Waals surface area contributed by atoms with Crippen molar-refractivity contribution in [2.75, 3.05) is 37.0 Å². The zero-order chi connectivity index (χ0) is 20.7. The van der Waals surface area contributed by atoms with Gasteiger partial charge in [0.15, 0.2) is 11.5 Å². The van der Waals surface area contributed by atoms with Crippen LogP contribution in [0, 0.1) is 0 Å². The maximum Gasteiger partial charge on any atom is 0.257 e. The molecule has 0 aromatic heterocycles. The van der Waals surface area contributed by atoms with Crippen LogP contribution in [0.4, 0.5) is 11.4 Å². The molecule has 0 spiro atoms. The minimum absolute atomic E-state index is 0.0589. The molecular weight excluding hydrogens is 382 g/mol. The molecule has 0 saturated carbocycles. The van der Waals surface area contributed by atoms with Gasteiger partial charge in [-0.2, -0.15) is 0 Å². The summed E-state index contributed by atoms with van der Waals surface area (Å²) in [5.74, 6) is 1.15. The summed E-state index contributed by atoms with van der Waals surface area (Å²) in [5, 5.41) is 2.92. The smallest absolute Gasteiger partial charge is 0.257 e. The van der Waals surface area contributed by atoms with E-state index in [1.807, 2.05) is 18.0 Å². The van der Waals surface area contributed by atoms with Crippen molar-refractivity contribution in [3.63, 3.8) is 0 Å². The highest BCUT2D eigenvalue weighted by Gasteiger charge is 2.36. The summed E-state index contributed by atoms with van der Waals surface area (Å²) >= 11 is 0. The van der Waals surface area contributed by atoms with Crippen LogP contribution in [0.2, 0.25) is 0 Å². The SMILES string of the molecule is CN1c2cc(C(=O)Nc3ccc4c(c3)OCCO4)ccc2C(=O)N2CCCCC[C@H]21. The molecule has 3 heterocycles. The van der Waals surface area contributed by atoms with Gasteiger partial charge in [0.25, 0.3) is 11.8 Å². The van der Waals surface area contributed by atoms with Crippen molar-refractivity contribution in [2.24, 2.45) is 0 Å². The highest BCUT2D eigenvalue weighted by Crippen LogP contribution is 2.35. The summed E-state index contributed by atoms with van der Waals surface area (Å²) in [6, 6.07) is 10.7. The van der Waals surface area contributed by atoms with Crippen LogP contribution in [-0.2, 0) is 0 Å². The number of carbonyl (C=O) groups is 2. The monoisotopic (exact) mass is 407 g/mol. The van der Waals surface area contributed by atoms with Crippen LogP contribution >= 0.6 is 0 Å².